The highest BCUT2D eigenvalue weighted by atomic mass is 32.2. The van der Waals surface area contributed by atoms with Gasteiger partial charge in [-0.15, -0.1) is 0 Å². The fourth-order valence-electron chi connectivity index (χ4n) is 2.56. The molecule has 2 rings (SSSR count). The summed E-state index contributed by atoms with van der Waals surface area (Å²) in [4.78, 5) is 13.8. The number of methoxy groups -OCH3 is 1. The van der Waals surface area contributed by atoms with E-state index in [1.165, 1.54) is 18.0 Å². The summed E-state index contributed by atoms with van der Waals surface area (Å²) in [5.74, 6) is 1.47. The van der Waals surface area contributed by atoms with Gasteiger partial charge in [-0.25, -0.2) is 4.31 Å². The number of nitro groups is 1. The van der Waals surface area contributed by atoms with Gasteiger partial charge in [-0.3, -0.25) is 14.3 Å². The second-order valence-electron chi connectivity index (χ2n) is 5.78. The number of ether oxygens (including phenoxy) is 1. The highest BCUT2D eigenvalue weighted by Gasteiger charge is 2.19. The van der Waals surface area contributed by atoms with Crippen LogP contribution in [-0.4, -0.2) is 76.3 Å². The molecule has 0 bridgehead atoms. The summed E-state index contributed by atoms with van der Waals surface area (Å²) in [7, 11) is 1.00. The lowest BCUT2D eigenvalue weighted by atomic mass is 10.3. The molecule has 1 aromatic rings. The molecule has 0 saturated carbocycles. The lowest BCUT2D eigenvalue weighted by Gasteiger charge is -2.29. The van der Waals surface area contributed by atoms with Gasteiger partial charge < -0.3 is 9.64 Å². The Labute approximate surface area is 155 Å². The summed E-state index contributed by atoms with van der Waals surface area (Å²) in [6, 6.07) is 6.83. The van der Waals surface area contributed by atoms with E-state index >= 15 is 0 Å². The number of nitro benzene ring substituents is 1. The van der Waals surface area contributed by atoms with E-state index < -0.39 is 10.8 Å². The number of nitrogens with zero attached hydrogens (tertiary/aromatic N) is 3. The van der Waals surface area contributed by atoms with Crippen LogP contribution in [0.5, 0.6) is 0 Å². The molecule has 9 heteroatoms. The molecule has 0 spiro atoms. The van der Waals surface area contributed by atoms with E-state index in [0.29, 0.717) is 11.5 Å². The zero-order valence-electron chi connectivity index (χ0n) is 14.5. The molecule has 0 unspecified atom stereocenters. The molecule has 1 heterocycles. The zero-order valence-corrected chi connectivity index (χ0v) is 16.1. The number of para-hydroxylation sites is 1. The highest BCUT2D eigenvalue weighted by Crippen LogP contribution is 2.31. The first-order valence-corrected chi connectivity index (χ1v) is 10.6. The molecule has 7 nitrogen and oxygen atoms in total. The lowest BCUT2D eigenvalue weighted by Crippen LogP contribution is -2.41. The normalized spacial score (nSPS) is 16.4. The molecule has 0 atom stereocenters. The SMILES string of the molecule is COCCCN(CCN1CCS(=O)CC1)Sc1ccccc1[N+](=O)[O-]. The molecular weight excluding hydrogens is 362 g/mol. The number of hydrogen-bond donors (Lipinski definition) is 0. The quantitative estimate of drug-likeness (QED) is 0.263. The van der Waals surface area contributed by atoms with Crippen LogP contribution in [0.15, 0.2) is 29.2 Å². The van der Waals surface area contributed by atoms with Crippen molar-refractivity contribution in [1.29, 1.82) is 0 Å². The van der Waals surface area contributed by atoms with Gasteiger partial charge in [0, 0.05) is 74.8 Å². The minimum atomic E-state index is -0.673. The van der Waals surface area contributed by atoms with Crippen LogP contribution >= 0.6 is 11.9 Å². The topological polar surface area (TPSA) is 75.9 Å². The molecule has 0 aliphatic carbocycles. The average molecular weight is 388 g/mol. The van der Waals surface area contributed by atoms with Crippen molar-refractivity contribution >= 4 is 28.4 Å². The Hall–Kier alpha value is -1.00. The van der Waals surface area contributed by atoms with E-state index in [9.17, 15) is 14.3 Å². The summed E-state index contributed by atoms with van der Waals surface area (Å²) < 4.78 is 18.7. The summed E-state index contributed by atoms with van der Waals surface area (Å²) in [6.07, 6.45) is 0.869. The van der Waals surface area contributed by atoms with E-state index in [0.717, 1.165) is 50.7 Å². The predicted molar refractivity (Wildman–Crippen MR) is 101 cm³/mol. The fourth-order valence-corrected chi connectivity index (χ4v) is 4.74. The minimum Gasteiger partial charge on any atom is -0.385 e. The Morgan fingerprint density at radius 3 is 2.72 bits per heavy atom. The van der Waals surface area contributed by atoms with E-state index in [1.807, 2.05) is 6.07 Å². The molecular formula is C16H25N3O4S2. The molecule has 0 N–H and O–H groups in total. The van der Waals surface area contributed by atoms with Crippen LogP contribution in [-0.2, 0) is 15.5 Å². The Kier molecular flexibility index (Phi) is 8.83. The van der Waals surface area contributed by atoms with Gasteiger partial charge in [0.1, 0.15) is 4.90 Å². The molecule has 1 aliphatic heterocycles. The van der Waals surface area contributed by atoms with Crippen LogP contribution in [0.3, 0.4) is 0 Å². The molecule has 0 aromatic heterocycles. The number of benzene rings is 1. The smallest absolute Gasteiger partial charge is 0.284 e. The van der Waals surface area contributed by atoms with Gasteiger partial charge in [0.15, 0.2) is 0 Å². The Morgan fingerprint density at radius 1 is 1.32 bits per heavy atom. The molecule has 25 heavy (non-hydrogen) atoms. The lowest BCUT2D eigenvalue weighted by molar-refractivity contribution is -0.387. The maximum atomic E-state index is 11.5. The summed E-state index contributed by atoms with van der Waals surface area (Å²) in [5.41, 5.74) is 0.137. The largest absolute Gasteiger partial charge is 0.385 e. The first kappa shape index (κ1) is 20.3. The molecule has 1 aliphatic rings. The predicted octanol–water partition coefficient (Wildman–Crippen LogP) is 2.00. The van der Waals surface area contributed by atoms with Crippen LogP contribution in [0.1, 0.15) is 6.42 Å². The van der Waals surface area contributed by atoms with Crippen LogP contribution in [0.25, 0.3) is 0 Å². The third-order valence-corrected chi connectivity index (χ3v) is 6.42. The number of rotatable bonds is 10. The second-order valence-corrected chi connectivity index (χ2v) is 8.62. The second kappa shape index (κ2) is 10.9. The molecule has 1 fully saturated rings. The van der Waals surface area contributed by atoms with Crippen molar-refractivity contribution < 1.29 is 13.9 Å². The van der Waals surface area contributed by atoms with Gasteiger partial charge >= 0.3 is 0 Å². The summed E-state index contributed by atoms with van der Waals surface area (Å²) in [6.45, 7) is 4.84. The van der Waals surface area contributed by atoms with Crippen molar-refractivity contribution in [2.75, 3.05) is 57.9 Å². The van der Waals surface area contributed by atoms with Crippen molar-refractivity contribution in [3.05, 3.63) is 34.4 Å². The van der Waals surface area contributed by atoms with E-state index in [-0.39, 0.29) is 10.6 Å². The molecule has 140 valence electrons. The van der Waals surface area contributed by atoms with Gasteiger partial charge in [-0.2, -0.15) is 0 Å². The maximum absolute atomic E-state index is 11.5. The van der Waals surface area contributed by atoms with Crippen molar-refractivity contribution in [3.63, 3.8) is 0 Å². The Morgan fingerprint density at radius 2 is 2.04 bits per heavy atom. The van der Waals surface area contributed by atoms with Crippen LogP contribution < -0.4 is 0 Å². The van der Waals surface area contributed by atoms with Crippen LogP contribution in [0.2, 0.25) is 0 Å². The van der Waals surface area contributed by atoms with Crippen molar-refractivity contribution in [3.8, 4) is 0 Å². The maximum Gasteiger partial charge on any atom is 0.284 e. The van der Waals surface area contributed by atoms with Crippen LogP contribution in [0.4, 0.5) is 5.69 Å². The van der Waals surface area contributed by atoms with Gasteiger partial charge in [0.05, 0.1) is 4.92 Å². The summed E-state index contributed by atoms with van der Waals surface area (Å²) in [5, 5.41) is 11.2. The van der Waals surface area contributed by atoms with Gasteiger partial charge in [-0.05, 0) is 24.4 Å². The third-order valence-electron chi connectivity index (χ3n) is 3.98. The third kappa shape index (κ3) is 7.02. The monoisotopic (exact) mass is 387 g/mol. The van der Waals surface area contributed by atoms with Gasteiger partial charge in [0.25, 0.3) is 5.69 Å². The first-order chi connectivity index (χ1) is 12.1. The van der Waals surface area contributed by atoms with Crippen molar-refractivity contribution in [2.45, 2.75) is 11.3 Å². The summed E-state index contributed by atoms with van der Waals surface area (Å²) >= 11 is 1.43. The average Bonchev–Trinajstić information content (AvgIpc) is 2.61. The highest BCUT2D eigenvalue weighted by molar-refractivity contribution is 7.97. The number of hydrogen-bond acceptors (Lipinski definition) is 7. The van der Waals surface area contributed by atoms with Crippen molar-refractivity contribution in [1.82, 2.24) is 9.21 Å². The Bertz CT molecular complexity index is 578. The van der Waals surface area contributed by atoms with Crippen LogP contribution in [0, 0.1) is 10.1 Å². The fraction of sp³-hybridized carbons (Fsp3) is 0.625. The molecule has 1 aromatic carbocycles. The van der Waals surface area contributed by atoms with E-state index in [2.05, 4.69) is 9.21 Å². The van der Waals surface area contributed by atoms with E-state index in [1.54, 1.807) is 19.2 Å². The minimum absolute atomic E-state index is 0.137. The molecule has 0 radical (unpaired) electrons. The van der Waals surface area contributed by atoms with Gasteiger partial charge in [0.2, 0.25) is 0 Å². The molecule has 0 amide bonds. The van der Waals surface area contributed by atoms with Crippen molar-refractivity contribution in [2.24, 2.45) is 0 Å². The standard InChI is InChI=1S/C16H25N3O4S2/c1-23-12-4-7-18(9-8-17-10-13-25(22)14-11-17)24-16-6-3-2-5-15(16)19(20)21/h2-3,5-6H,4,7-14H2,1H3. The first-order valence-electron chi connectivity index (χ1n) is 8.32. The zero-order chi connectivity index (χ0) is 18.1. The molecule has 1 saturated heterocycles. The van der Waals surface area contributed by atoms with Gasteiger partial charge in [-0.1, -0.05) is 12.1 Å². The van der Waals surface area contributed by atoms with E-state index in [4.69, 9.17) is 4.74 Å². The Balaban J connectivity index is 1.95.